The molecule has 0 radical (unpaired) electrons. The van der Waals surface area contributed by atoms with E-state index in [4.69, 9.17) is 14.2 Å². The van der Waals surface area contributed by atoms with Crippen LogP contribution in [0.3, 0.4) is 0 Å². The highest BCUT2D eigenvalue weighted by Crippen LogP contribution is 2.24. The fourth-order valence-corrected chi connectivity index (χ4v) is 8.12. The molecule has 6 unspecified atom stereocenters. The minimum Gasteiger partial charge on any atom is -0.465 e. The molecule has 0 saturated carbocycles. The summed E-state index contributed by atoms with van der Waals surface area (Å²) in [6.07, 6.45) is 11.1. The van der Waals surface area contributed by atoms with E-state index >= 15 is 0 Å². The van der Waals surface area contributed by atoms with E-state index in [1.165, 1.54) is 42.0 Å². The molecular formula is C64H82O10P4. The van der Waals surface area contributed by atoms with Crippen LogP contribution in [0.15, 0.2) is 151 Å². The van der Waals surface area contributed by atoms with Gasteiger partial charge in [0.15, 0.2) is 0 Å². The molecule has 0 aromatic heterocycles. The molecule has 78 heavy (non-hydrogen) atoms. The van der Waals surface area contributed by atoms with Crippen LogP contribution in [0, 0.1) is 18.8 Å². The number of rotatable bonds is 20. The fourth-order valence-electron chi connectivity index (χ4n) is 7.04. The molecule has 0 aliphatic carbocycles. The maximum atomic E-state index is 12.6. The predicted molar refractivity (Wildman–Crippen MR) is 332 cm³/mol. The van der Waals surface area contributed by atoms with Gasteiger partial charge in [-0.2, -0.15) is 0 Å². The Hall–Kier alpha value is -5.87. The van der Waals surface area contributed by atoms with Crippen molar-refractivity contribution < 1.29 is 47.7 Å². The molecule has 0 amide bonds. The minimum absolute atomic E-state index is 0. The maximum absolute atomic E-state index is 12.6. The molecule has 418 valence electrons. The zero-order chi connectivity index (χ0) is 56.7. The van der Waals surface area contributed by atoms with Gasteiger partial charge in [-0.3, -0.25) is 0 Å². The lowest BCUT2D eigenvalue weighted by Gasteiger charge is -2.11. The largest absolute Gasteiger partial charge is 0.465 e. The lowest BCUT2D eigenvalue weighted by Crippen LogP contribution is -2.11. The number of carbonyl (C=O) groups excluding carboxylic acids is 5. The summed E-state index contributed by atoms with van der Waals surface area (Å²) in [5, 5.41) is 0. The first-order valence-electron chi connectivity index (χ1n) is 25.7. The predicted octanol–water partition coefficient (Wildman–Crippen LogP) is 15.7. The zero-order valence-corrected chi connectivity index (χ0v) is 50.6. The molecule has 6 atom stereocenters. The lowest BCUT2D eigenvalue weighted by atomic mass is 9.99. The van der Waals surface area contributed by atoms with Crippen molar-refractivity contribution in [3.63, 3.8) is 0 Å². The lowest BCUT2D eigenvalue weighted by molar-refractivity contribution is 0.0482. The monoisotopic (exact) mass is 1130 g/mol. The molecule has 6 aromatic rings. The first kappa shape index (κ1) is 68.2. The number of allylic oxidation sites excluding steroid dienone is 2. The summed E-state index contributed by atoms with van der Waals surface area (Å²) in [5.41, 5.74) is 10.7. The number of hydrogen-bond donors (Lipinski definition) is 0. The Kier molecular flexibility index (Phi) is 33.1. The Morgan fingerprint density at radius 3 is 1.26 bits per heavy atom. The van der Waals surface area contributed by atoms with Crippen LogP contribution in [0.2, 0.25) is 0 Å². The molecule has 0 aliphatic rings. The quantitative estimate of drug-likeness (QED) is 0.0239. The van der Waals surface area contributed by atoms with E-state index in [0.717, 1.165) is 62.3 Å². The van der Waals surface area contributed by atoms with Gasteiger partial charge in [0, 0.05) is 0 Å². The number of ether oxygens (including phenoxy) is 5. The standard InChI is InChI=1S/C27H29O4P.C18H27O2P.2C9H11O2P.CH4/c1-4-18(2)15-20-7-12-24(13-8-20)30-27(29)23-11-14-25(19(3)16-23)31-26(28)22-9-5-21(17-32)6-10-22;1-14(2)5-4-6-15(3)11-12-20-18(19)17-9-7-16(13-21)8-10-17;2*1-11-9(10)8-4-2-7(6-12)3-5-8;/h5-14,16,18H,4,15,17,32H2,1-3H3;5,7-10,15H,4,6,11-13,21H2,1-3H3;2*2-5H,6,12H2,1H3;1H4. The van der Waals surface area contributed by atoms with Gasteiger partial charge < -0.3 is 23.7 Å². The summed E-state index contributed by atoms with van der Waals surface area (Å²) in [4.78, 5) is 58.8. The van der Waals surface area contributed by atoms with E-state index in [0.29, 0.717) is 63.3 Å². The molecule has 0 saturated heterocycles. The third kappa shape index (κ3) is 25.3. The van der Waals surface area contributed by atoms with E-state index in [1.54, 1.807) is 61.5 Å². The summed E-state index contributed by atoms with van der Waals surface area (Å²) in [6.45, 7) is 13.1. The third-order valence-corrected chi connectivity index (χ3v) is 14.0. The molecule has 6 aromatic carbocycles. The van der Waals surface area contributed by atoms with Gasteiger partial charge in [0.05, 0.1) is 48.6 Å². The van der Waals surface area contributed by atoms with Crippen LogP contribution >= 0.6 is 37.0 Å². The number of carbonyl (C=O) groups is 5. The second-order valence-corrected chi connectivity index (χ2v) is 20.2. The smallest absolute Gasteiger partial charge is 0.343 e. The Labute approximate surface area is 474 Å². The number of benzene rings is 6. The highest BCUT2D eigenvalue weighted by molar-refractivity contribution is 7.16. The van der Waals surface area contributed by atoms with Gasteiger partial charge in [0.2, 0.25) is 0 Å². The molecule has 14 heteroatoms. The van der Waals surface area contributed by atoms with Crippen LogP contribution in [0.4, 0.5) is 0 Å². The van der Waals surface area contributed by atoms with Gasteiger partial charge in [-0.15, -0.1) is 37.0 Å². The number of esters is 5. The zero-order valence-electron chi connectivity index (χ0n) is 46.0. The van der Waals surface area contributed by atoms with Crippen molar-refractivity contribution in [2.45, 2.75) is 106 Å². The summed E-state index contributed by atoms with van der Waals surface area (Å²) < 4.78 is 25.5. The fraction of sp³-hybridized carbons (Fsp3) is 0.328. The average Bonchev–Trinajstić information content (AvgIpc) is 3.46. The van der Waals surface area contributed by atoms with Crippen LogP contribution in [0.5, 0.6) is 11.5 Å². The van der Waals surface area contributed by atoms with Gasteiger partial charge >= 0.3 is 29.8 Å². The number of aryl methyl sites for hydroxylation is 1. The van der Waals surface area contributed by atoms with Crippen molar-refractivity contribution in [3.8, 4) is 11.5 Å². The summed E-state index contributed by atoms with van der Waals surface area (Å²) >= 11 is 0. The molecule has 0 fully saturated rings. The van der Waals surface area contributed by atoms with Crippen molar-refractivity contribution in [1.29, 1.82) is 0 Å². The van der Waals surface area contributed by atoms with Crippen LogP contribution < -0.4 is 9.47 Å². The highest BCUT2D eigenvalue weighted by Gasteiger charge is 2.15. The van der Waals surface area contributed by atoms with E-state index in [-0.39, 0.29) is 25.3 Å². The second-order valence-electron chi connectivity index (χ2n) is 18.6. The average molecular weight is 1140 g/mol. The van der Waals surface area contributed by atoms with Gasteiger partial charge in [-0.25, -0.2) is 24.0 Å². The first-order valence-corrected chi connectivity index (χ1v) is 29.0. The normalized spacial score (nSPS) is 10.9. The molecule has 0 aliphatic heterocycles. The van der Waals surface area contributed by atoms with Gasteiger partial charge in [-0.1, -0.05) is 107 Å². The van der Waals surface area contributed by atoms with E-state index in [2.05, 4.69) is 87.1 Å². The van der Waals surface area contributed by atoms with Crippen molar-refractivity contribution in [1.82, 2.24) is 0 Å². The van der Waals surface area contributed by atoms with Crippen LogP contribution in [-0.4, -0.2) is 50.7 Å². The Morgan fingerprint density at radius 1 is 0.487 bits per heavy atom. The van der Waals surface area contributed by atoms with Crippen molar-refractivity contribution in [2.75, 3.05) is 20.8 Å². The van der Waals surface area contributed by atoms with Gasteiger partial charge in [0.25, 0.3) is 0 Å². The topological polar surface area (TPSA) is 132 Å². The third-order valence-electron chi connectivity index (χ3n) is 12.2. The molecule has 6 rings (SSSR count). The summed E-state index contributed by atoms with van der Waals surface area (Å²) in [6, 6.07) is 42.1. The molecular weight excluding hydrogens is 1050 g/mol. The van der Waals surface area contributed by atoms with Crippen molar-refractivity contribution in [3.05, 3.63) is 212 Å². The Bertz CT molecular complexity index is 2710. The Balaban J connectivity index is 0.000000387. The minimum atomic E-state index is -0.450. The van der Waals surface area contributed by atoms with Crippen LogP contribution in [-0.2, 0) is 45.3 Å². The number of hydrogen-bond acceptors (Lipinski definition) is 10. The molecule has 0 spiro atoms. The second kappa shape index (κ2) is 37.9. The van der Waals surface area contributed by atoms with Crippen LogP contribution in [0.1, 0.15) is 153 Å². The molecule has 0 bridgehead atoms. The first-order chi connectivity index (χ1) is 37.0. The van der Waals surface area contributed by atoms with Crippen molar-refractivity contribution in [2.24, 2.45) is 11.8 Å². The molecule has 10 nitrogen and oxygen atoms in total. The summed E-state index contributed by atoms with van der Waals surface area (Å²) in [5.74, 6) is 0.435. The molecule has 0 N–H and O–H groups in total. The SMILES string of the molecule is C.CC(C)=CCCC(C)CCOC(=O)c1ccc(CP)cc1.CCC(C)Cc1ccc(OC(=O)c2ccc(OC(=O)c3ccc(CP)cc3)c(C)c2)cc1.COC(=O)c1ccc(CP)cc1.COC(=O)c1ccc(CP)cc1. The molecule has 0 heterocycles. The Morgan fingerprint density at radius 2 is 0.872 bits per heavy atom. The van der Waals surface area contributed by atoms with Gasteiger partial charge in [-0.05, 0) is 195 Å². The number of methoxy groups -OCH3 is 2. The van der Waals surface area contributed by atoms with E-state index in [1.807, 2.05) is 84.9 Å². The highest BCUT2D eigenvalue weighted by atomic mass is 31.0. The maximum Gasteiger partial charge on any atom is 0.343 e. The van der Waals surface area contributed by atoms with Crippen molar-refractivity contribution >= 4 is 66.8 Å². The van der Waals surface area contributed by atoms with E-state index < -0.39 is 11.9 Å². The van der Waals surface area contributed by atoms with E-state index in [9.17, 15) is 24.0 Å². The van der Waals surface area contributed by atoms with Crippen LogP contribution in [0.25, 0.3) is 0 Å². The summed E-state index contributed by atoms with van der Waals surface area (Å²) in [7, 11) is 13.3. The van der Waals surface area contributed by atoms with Gasteiger partial charge in [0.1, 0.15) is 11.5 Å².